The predicted molar refractivity (Wildman–Crippen MR) is 59.8 cm³/mol. The van der Waals surface area contributed by atoms with E-state index >= 15 is 0 Å². The average Bonchev–Trinajstić information content (AvgIpc) is 2.80. The van der Waals surface area contributed by atoms with Gasteiger partial charge in [-0.2, -0.15) is 0 Å². The fourth-order valence-corrected chi connectivity index (χ4v) is 1.47. The van der Waals surface area contributed by atoms with Gasteiger partial charge in [0.05, 0.1) is 6.61 Å². The Morgan fingerprint density at radius 1 is 1.27 bits per heavy atom. The molecule has 0 unspecified atom stereocenters. The predicted octanol–water partition coefficient (Wildman–Crippen LogP) is 2.98. The Labute approximate surface area is 96.8 Å². The van der Waals surface area contributed by atoms with E-state index in [0.29, 0.717) is 6.61 Å². The maximum atomic E-state index is 5.48. The van der Waals surface area contributed by atoms with Crippen LogP contribution in [-0.2, 0) is 9.47 Å². The van der Waals surface area contributed by atoms with Crippen LogP contribution < -0.4 is 4.74 Å². The molecule has 1 aliphatic rings. The monoisotopic (exact) mass is 270 g/mol. The van der Waals surface area contributed by atoms with E-state index in [1.807, 2.05) is 24.3 Å². The standard InChI is InChI=1S/C11H11BrO3/c12-4-5-13-10-3-1-2-9(8-10)11-14-6-7-15-11/h1-3,6-8,11H,4-5H2. The summed E-state index contributed by atoms with van der Waals surface area (Å²) in [6.07, 6.45) is 2.74. The molecule has 2 rings (SSSR count). The number of ether oxygens (including phenoxy) is 3. The van der Waals surface area contributed by atoms with Crippen LogP contribution in [0.3, 0.4) is 0 Å². The van der Waals surface area contributed by atoms with Crippen LogP contribution in [0.15, 0.2) is 36.8 Å². The summed E-state index contributed by atoms with van der Waals surface area (Å²) >= 11 is 3.31. The first-order valence-corrected chi connectivity index (χ1v) is 5.77. The van der Waals surface area contributed by atoms with Gasteiger partial charge in [0, 0.05) is 10.9 Å². The summed E-state index contributed by atoms with van der Waals surface area (Å²) in [5.41, 5.74) is 0.951. The van der Waals surface area contributed by atoms with Crippen molar-refractivity contribution in [3.05, 3.63) is 42.4 Å². The Hall–Kier alpha value is -1.16. The Bertz CT molecular complexity index is 343. The molecule has 15 heavy (non-hydrogen) atoms. The van der Waals surface area contributed by atoms with Crippen molar-refractivity contribution < 1.29 is 14.2 Å². The van der Waals surface area contributed by atoms with Crippen molar-refractivity contribution in [2.75, 3.05) is 11.9 Å². The van der Waals surface area contributed by atoms with Gasteiger partial charge in [-0.05, 0) is 12.1 Å². The minimum atomic E-state index is -0.336. The van der Waals surface area contributed by atoms with Gasteiger partial charge in [-0.3, -0.25) is 0 Å². The summed E-state index contributed by atoms with van der Waals surface area (Å²) in [6.45, 7) is 0.647. The zero-order chi connectivity index (χ0) is 10.5. The Kier molecular flexibility index (Phi) is 3.50. The van der Waals surface area contributed by atoms with E-state index < -0.39 is 0 Å². The molecule has 3 nitrogen and oxygen atoms in total. The zero-order valence-corrected chi connectivity index (χ0v) is 9.64. The molecule has 4 heteroatoms. The minimum absolute atomic E-state index is 0.336. The van der Waals surface area contributed by atoms with Crippen molar-refractivity contribution in [2.24, 2.45) is 0 Å². The van der Waals surface area contributed by atoms with Crippen molar-refractivity contribution in [1.29, 1.82) is 0 Å². The molecule has 0 bridgehead atoms. The first-order valence-electron chi connectivity index (χ1n) is 4.65. The van der Waals surface area contributed by atoms with E-state index in [2.05, 4.69) is 15.9 Å². The minimum Gasteiger partial charge on any atom is -0.493 e. The lowest BCUT2D eigenvalue weighted by atomic mass is 10.2. The van der Waals surface area contributed by atoms with Gasteiger partial charge in [0.1, 0.15) is 18.3 Å². The van der Waals surface area contributed by atoms with E-state index in [-0.39, 0.29) is 6.29 Å². The lowest BCUT2D eigenvalue weighted by molar-refractivity contribution is -0.0247. The molecule has 1 aromatic rings. The lowest BCUT2D eigenvalue weighted by Crippen LogP contribution is -2.01. The first kappa shape index (κ1) is 10.4. The quantitative estimate of drug-likeness (QED) is 0.788. The summed E-state index contributed by atoms with van der Waals surface area (Å²) in [7, 11) is 0. The fraction of sp³-hybridized carbons (Fsp3) is 0.273. The van der Waals surface area contributed by atoms with Crippen molar-refractivity contribution in [2.45, 2.75) is 6.29 Å². The van der Waals surface area contributed by atoms with E-state index in [0.717, 1.165) is 16.6 Å². The van der Waals surface area contributed by atoms with Crippen LogP contribution >= 0.6 is 15.9 Å². The van der Waals surface area contributed by atoms with Crippen LogP contribution in [0, 0.1) is 0 Å². The van der Waals surface area contributed by atoms with E-state index in [9.17, 15) is 0 Å². The van der Waals surface area contributed by atoms with Crippen molar-refractivity contribution in [3.63, 3.8) is 0 Å². The summed E-state index contributed by atoms with van der Waals surface area (Å²) < 4.78 is 15.9. The molecule has 0 aromatic heterocycles. The van der Waals surface area contributed by atoms with E-state index in [4.69, 9.17) is 14.2 Å². The largest absolute Gasteiger partial charge is 0.493 e. The van der Waals surface area contributed by atoms with Gasteiger partial charge in [0.15, 0.2) is 0 Å². The van der Waals surface area contributed by atoms with Crippen molar-refractivity contribution >= 4 is 15.9 Å². The van der Waals surface area contributed by atoms with Gasteiger partial charge >= 0.3 is 0 Å². The van der Waals surface area contributed by atoms with E-state index in [1.54, 1.807) is 0 Å². The molecule has 1 aliphatic heterocycles. The molecule has 0 N–H and O–H groups in total. The van der Waals surface area contributed by atoms with Gasteiger partial charge in [-0.25, -0.2) is 0 Å². The molecule has 1 heterocycles. The lowest BCUT2D eigenvalue weighted by Gasteiger charge is -2.11. The van der Waals surface area contributed by atoms with Crippen LogP contribution in [0.5, 0.6) is 5.75 Å². The number of alkyl halides is 1. The molecule has 0 fully saturated rings. The smallest absolute Gasteiger partial charge is 0.266 e. The molecule has 0 amide bonds. The summed E-state index contributed by atoms with van der Waals surface area (Å²) in [4.78, 5) is 0. The van der Waals surface area contributed by atoms with Gasteiger partial charge in [0.25, 0.3) is 6.29 Å². The second-order valence-electron chi connectivity index (χ2n) is 2.99. The van der Waals surface area contributed by atoms with Crippen molar-refractivity contribution in [1.82, 2.24) is 0 Å². The van der Waals surface area contributed by atoms with Gasteiger partial charge in [0.2, 0.25) is 0 Å². The number of benzene rings is 1. The van der Waals surface area contributed by atoms with Gasteiger partial charge in [-0.15, -0.1) is 0 Å². The molecular weight excluding hydrogens is 260 g/mol. The summed E-state index contributed by atoms with van der Waals surface area (Å²) in [6, 6.07) is 7.69. The second kappa shape index (κ2) is 5.07. The first-order chi connectivity index (χ1) is 7.40. The molecule has 0 saturated heterocycles. The molecule has 0 spiro atoms. The second-order valence-corrected chi connectivity index (χ2v) is 3.78. The van der Waals surface area contributed by atoms with Gasteiger partial charge in [-0.1, -0.05) is 28.1 Å². The summed E-state index contributed by atoms with van der Waals surface area (Å²) in [5.74, 6) is 0.825. The highest BCUT2D eigenvalue weighted by atomic mass is 79.9. The maximum absolute atomic E-state index is 5.48. The molecule has 0 atom stereocenters. The third-order valence-corrected chi connectivity index (χ3v) is 2.26. The van der Waals surface area contributed by atoms with Crippen LogP contribution in [0.2, 0.25) is 0 Å². The molecule has 1 aromatic carbocycles. The van der Waals surface area contributed by atoms with Crippen LogP contribution in [0.4, 0.5) is 0 Å². The normalized spacial score (nSPS) is 14.7. The fourth-order valence-electron chi connectivity index (χ4n) is 1.30. The highest BCUT2D eigenvalue weighted by Crippen LogP contribution is 2.26. The molecule has 0 aliphatic carbocycles. The number of hydrogen-bond donors (Lipinski definition) is 0. The molecule has 0 radical (unpaired) electrons. The number of hydrogen-bond acceptors (Lipinski definition) is 3. The Balaban J connectivity index is 2.04. The van der Waals surface area contributed by atoms with Crippen LogP contribution in [-0.4, -0.2) is 11.9 Å². The third kappa shape index (κ3) is 2.65. The Morgan fingerprint density at radius 2 is 2.07 bits per heavy atom. The average molecular weight is 271 g/mol. The van der Waals surface area contributed by atoms with E-state index in [1.165, 1.54) is 12.5 Å². The maximum Gasteiger partial charge on any atom is 0.266 e. The van der Waals surface area contributed by atoms with Crippen molar-refractivity contribution in [3.8, 4) is 5.75 Å². The molecular formula is C11H11BrO3. The topological polar surface area (TPSA) is 27.7 Å². The molecule has 80 valence electrons. The summed E-state index contributed by atoms with van der Waals surface area (Å²) in [5, 5.41) is 0.815. The number of halogens is 1. The highest BCUT2D eigenvalue weighted by molar-refractivity contribution is 9.09. The third-order valence-electron chi connectivity index (χ3n) is 1.94. The zero-order valence-electron chi connectivity index (χ0n) is 8.06. The van der Waals surface area contributed by atoms with Gasteiger partial charge < -0.3 is 14.2 Å². The highest BCUT2D eigenvalue weighted by Gasteiger charge is 2.15. The SMILES string of the molecule is BrCCOc1cccc(C2OC=CO2)c1. The van der Waals surface area contributed by atoms with Crippen LogP contribution in [0.25, 0.3) is 0 Å². The molecule has 0 saturated carbocycles. The van der Waals surface area contributed by atoms with Crippen LogP contribution in [0.1, 0.15) is 11.9 Å². The number of rotatable bonds is 4. The Morgan fingerprint density at radius 3 is 2.80 bits per heavy atom.